The van der Waals surface area contributed by atoms with Crippen molar-refractivity contribution in [3.8, 4) is 5.88 Å². The zero-order valence-corrected chi connectivity index (χ0v) is 13.9. The van der Waals surface area contributed by atoms with Crippen molar-refractivity contribution in [1.29, 1.82) is 0 Å². The van der Waals surface area contributed by atoms with Crippen LogP contribution in [0.25, 0.3) is 0 Å². The summed E-state index contributed by atoms with van der Waals surface area (Å²) in [6.07, 6.45) is 2.06. The molecule has 1 aromatic rings. The topological polar surface area (TPSA) is 43.4 Å². The van der Waals surface area contributed by atoms with Gasteiger partial charge >= 0.3 is 0 Å². The standard InChI is InChI=1S/C17H30N2O2/c1-5-7-18-12-15-10-16(6-2)19-17(11-15)21-9-8-20-13-14(3)4/h10-11,14,18H,5-9,12-13H2,1-4H3. The first kappa shape index (κ1) is 17.9. The van der Waals surface area contributed by atoms with Gasteiger partial charge in [-0.2, -0.15) is 0 Å². The largest absolute Gasteiger partial charge is 0.475 e. The van der Waals surface area contributed by atoms with Crippen molar-refractivity contribution in [1.82, 2.24) is 10.3 Å². The number of ether oxygens (including phenoxy) is 2. The number of pyridine rings is 1. The molecule has 21 heavy (non-hydrogen) atoms. The molecule has 1 heterocycles. The Balaban J connectivity index is 2.46. The van der Waals surface area contributed by atoms with Crippen LogP contribution in [0.4, 0.5) is 0 Å². The predicted molar refractivity (Wildman–Crippen MR) is 86.8 cm³/mol. The highest BCUT2D eigenvalue weighted by atomic mass is 16.5. The Morgan fingerprint density at radius 1 is 1.19 bits per heavy atom. The molecule has 0 unspecified atom stereocenters. The van der Waals surface area contributed by atoms with Crippen LogP contribution in [0.15, 0.2) is 12.1 Å². The number of aryl methyl sites for hydroxylation is 1. The van der Waals surface area contributed by atoms with E-state index < -0.39 is 0 Å². The molecule has 0 aliphatic heterocycles. The first-order chi connectivity index (χ1) is 10.2. The van der Waals surface area contributed by atoms with Crippen molar-refractivity contribution in [2.45, 2.75) is 47.1 Å². The van der Waals surface area contributed by atoms with E-state index >= 15 is 0 Å². The molecule has 0 aliphatic rings. The Kier molecular flexibility index (Phi) is 9.02. The van der Waals surface area contributed by atoms with Crippen LogP contribution >= 0.6 is 0 Å². The molecule has 4 nitrogen and oxygen atoms in total. The van der Waals surface area contributed by atoms with E-state index in [1.54, 1.807) is 0 Å². The maximum atomic E-state index is 5.71. The van der Waals surface area contributed by atoms with Crippen molar-refractivity contribution in [2.24, 2.45) is 5.92 Å². The smallest absolute Gasteiger partial charge is 0.213 e. The van der Waals surface area contributed by atoms with Gasteiger partial charge in [-0.25, -0.2) is 4.98 Å². The lowest BCUT2D eigenvalue weighted by Gasteiger charge is -2.11. The van der Waals surface area contributed by atoms with Crippen LogP contribution in [-0.2, 0) is 17.7 Å². The molecule has 4 heteroatoms. The van der Waals surface area contributed by atoms with Crippen molar-refractivity contribution in [3.05, 3.63) is 23.4 Å². The minimum absolute atomic E-state index is 0.550. The third-order valence-corrected chi connectivity index (χ3v) is 2.96. The van der Waals surface area contributed by atoms with Crippen molar-refractivity contribution >= 4 is 0 Å². The highest BCUT2D eigenvalue weighted by molar-refractivity contribution is 5.25. The molecule has 0 radical (unpaired) electrons. The Labute approximate surface area is 129 Å². The molecule has 0 atom stereocenters. The first-order valence-electron chi connectivity index (χ1n) is 8.06. The maximum Gasteiger partial charge on any atom is 0.213 e. The van der Waals surface area contributed by atoms with E-state index in [9.17, 15) is 0 Å². The number of aromatic nitrogens is 1. The second kappa shape index (κ2) is 10.6. The van der Waals surface area contributed by atoms with E-state index in [1.165, 1.54) is 5.56 Å². The van der Waals surface area contributed by atoms with E-state index in [0.29, 0.717) is 25.0 Å². The molecule has 1 aromatic heterocycles. The highest BCUT2D eigenvalue weighted by Crippen LogP contribution is 2.13. The van der Waals surface area contributed by atoms with Gasteiger partial charge in [0.25, 0.3) is 0 Å². The zero-order chi connectivity index (χ0) is 15.5. The monoisotopic (exact) mass is 294 g/mol. The summed E-state index contributed by atoms with van der Waals surface area (Å²) in [7, 11) is 0. The first-order valence-corrected chi connectivity index (χ1v) is 8.06. The van der Waals surface area contributed by atoms with E-state index in [0.717, 1.165) is 38.2 Å². The van der Waals surface area contributed by atoms with Gasteiger partial charge in [0.1, 0.15) is 6.61 Å². The van der Waals surface area contributed by atoms with Gasteiger partial charge in [0, 0.05) is 24.9 Å². The summed E-state index contributed by atoms with van der Waals surface area (Å²) in [5.41, 5.74) is 2.30. The fourth-order valence-corrected chi connectivity index (χ4v) is 1.91. The summed E-state index contributed by atoms with van der Waals surface area (Å²) in [5, 5.41) is 3.41. The number of nitrogens with one attached hydrogen (secondary N) is 1. The van der Waals surface area contributed by atoms with Gasteiger partial charge in [0.2, 0.25) is 5.88 Å². The lowest BCUT2D eigenvalue weighted by Crippen LogP contribution is -2.15. The minimum Gasteiger partial charge on any atom is -0.475 e. The number of hydrogen-bond donors (Lipinski definition) is 1. The number of nitrogens with zero attached hydrogens (tertiary/aromatic N) is 1. The summed E-state index contributed by atoms with van der Waals surface area (Å²) in [5.74, 6) is 1.26. The fraction of sp³-hybridized carbons (Fsp3) is 0.706. The molecular weight excluding hydrogens is 264 g/mol. The van der Waals surface area contributed by atoms with Gasteiger partial charge < -0.3 is 14.8 Å². The van der Waals surface area contributed by atoms with E-state index in [2.05, 4.69) is 44.1 Å². The number of rotatable bonds is 11. The molecule has 0 aromatic carbocycles. The van der Waals surface area contributed by atoms with Gasteiger partial charge in [-0.3, -0.25) is 0 Å². The van der Waals surface area contributed by atoms with Crippen LogP contribution in [-0.4, -0.2) is 31.3 Å². The van der Waals surface area contributed by atoms with Gasteiger partial charge in [0.05, 0.1) is 6.61 Å². The minimum atomic E-state index is 0.550. The third kappa shape index (κ3) is 8.02. The van der Waals surface area contributed by atoms with Crippen LogP contribution in [0.3, 0.4) is 0 Å². The van der Waals surface area contributed by atoms with Crippen molar-refractivity contribution < 1.29 is 9.47 Å². The Morgan fingerprint density at radius 2 is 2.00 bits per heavy atom. The molecule has 0 saturated heterocycles. The summed E-state index contributed by atoms with van der Waals surface area (Å²) in [6, 6.07) is 4.16. The molecule has 120 valence electrons. The molecule has 1 N–H and O–H groups in total. The Hall–Kier alpha value is -1.13. The molecule has 0 bridgehead atoms. The van der Waals surface area contributed by atoms with Crippen molar-refractivity contribution in [3.63, 3.8) is 0 Å². The summed E-state index contributed by atoms with van der Waals surface area (Å²) >= 11 is 0. The molecule has 1 rings (SSSR count). The molecule has 0 amide bonds. The predicted octanol–water partition coefficient (Wildman–Crippen LogP) is 3.20. The van der Waals surface area contributed by atoms with E-state index in [1.807, 2.05) is 6.07 Å². The lowest BCUT2D eigenvalue weighted by molar-refractivity contribution is 0.0805. The molecular formula is C17H30N2O2. The molecule has 0 aliphatic carbocycles. The molecule has 0 saturated carbocycles. The average Bonchev–Trinajstić information content (AvgIpc) is 2.46. The van der Waals surface area contributed by atoms with Crippen LogP contribution in [0, 0.1) is 5.92 Å². The molecule has 0 spiro atoms. The fourth-order valence-electron chi connectivity index (χ4n) is 1.91. The van der Waals surface area contributed by atoms with Gasteiger partial charge in [-0.15, -0.1) is 0 Å². The van der Waals surface area contributed by atoms with Gasteiger partial charge in [0.15, 0.2) is 0 Å². The Bertz CT molecular complexity index is 394. The average molecular weight is 294 g/mol. The normalized spacial score (nSPS) is 11.1. The van der Waals surface area contributed by atoms with Gasteiger partial charge in [-0.05, 0) is 36.9 Å². The van der Waals surface area contributed by atoms with E-state index in [4.69, 9.17) is 9.47 Å². The SMILES string of the molecule is CCCNCc1cc(CC)nc(OCCOCC(C)C)c1. The highest BCUT2D eigenvalue weighted by Gasteiger charge is 2.03. The van der Waals surface area contributed by atoms with Gasteiger partial charge in [-0.1, -0.05) is 27.7 Å². The van der Waals surface area contributed by atoms with Crippen LogP contribution < -0.4 is 10.1 Å². The molecule has 0 fully saturated rings. The quantitative estimate of drug-likeness (QED) is 0.637. The summed E-state index contributed by atoms with van der Waals surface area (Å²) in [4.78, 5) is 4.51. The van der Waals surface area contributed by atoms with E-state index in [-0.39, 0.29) is 0 Å². The van der Waals surface area contributed by atoms with Crippen molar-refractivity contribution in [2.75, 3.05) is 26.4 Å². The maximum absolute atomic E-state index is 5.71. The summed E-state index contributed by atoms with van der Waals surface area (Å²) in [6.45, 7) is 12.4. The lowest BCUT2D eigenvalue weighted by atomic mass is 10.2. The van der Waals surface area contributed by atoms with Crippen LogP contribution in [0.1, 0.15) is 45.4 Å². The second-order valence-corrected chi connectivity index (χ2v) is 5.65. The van der Waals surface area contributed by atoms with Crippen LogP contribution in [0.5, 0.6) is 5.88 Å². The Morgan fingerprint density at radius 3 is 2.67 bits per heavy atom. The van der Waals surface area contributed by atoms with Crippen LogP contribution in [0.2, 0.25) is 0 Å². The summed E-state index contributed by atoms with van der Waals surface area (Å²) < 4.78 is 11.2. The third-order valence-electron chi connectivity index (χ3n) is 2.96. The second-order valence-electron chi connectivity index (χ2n) is 5.65. The zero-order valence-electron chi connectivity index (χ0n) is 13.9. The number of hydrogen-bond acceptors (Lipinski definition) is 4.